The summed E-state index contributed by atoms with van der Waals surface area (Å²) in [5, 5.41) is 0. The van der Waals surface area contributed by atoms with Crippen LogP contribution in [0.25, 0.3) is 11.0 Å². The fourth-order valence-electron chi connectivity index (χ4n) is 2.94. The summed E-state index contributed by atoms with van der Waals surface area (Å²) in [6.45, 7) is 0. The predicted molar refractivity (Wildman–Crippen MR) is 77.5 cm³/mol. The Morgan fingerprint density at radius 3 is 2.84 bits per heavy atom. The second kappa shape index (κ2) is 5.31. The average molecular weight is 258 g/mol. The summed E-state index contributed by atoms with van der Waals surface area (Å²) in [5.41, 5.74) is 5.23. The highest BCUT2D eigenvalue weighted by Gasteiger charge is 2.22. The number of imidazole rings is 1. The van der Waals surface area contributed by atoms with Crippen LogP contribution in [0.5, 0.6) is 0 Å². The van der Waals surface area contributed by atoms with E-state index in [2.05, 4.69) is 35.2 Å². The quantitative estimate of drug-likeness (QED) is 0.638. The number of fused-ring (bicyclic) bond motifs is 1. The van der Waals surface area contributed by atoms with Gasteiger partial charge in [-0.3, -0.25) is 11.3 Å². The summed E-state index contributed by atoms with van der Waals surface area (Å²) < 4.78 is 2.18. The summed E-state index contributed by atoms with van der Waals surface area (Å²) in [7, 11) is 2.08. The van der Waals surface area contributed by atoms with Gasteiger partial charge in [0.2, 0.25) is 0 Å². The van der Waals surface area contributed by atoms with Crippen LogP contribution >= 0.6 is 0 Å². The minimum Gasteiger partial charge on any atom is -0.331 e. The van der Waals surface area contributed by atoms with E-state index in [1.165, 1.54) is 31.2 Å². The lowest BCUT2D eigenvalue weighted by atomic mass is 9.80. The molecular weight excluding hydrogens is 236 g/mol. The van der Waals surface area contributed by atoms with E-state index < -0.39 is 0 Å². The molecule has 1 atom stereocenters. The minimum absolute atomic E-state index is 0.334. The number of nitrogens with one attached hydrogen (secondary N) is 1. The van der Waals surface area contributed by atoms with E-state index in [1.54, 1.807) is 0 Å². The second-order valence-corrected chi connectivity index (χ2v) is 5.68. The van der Waals surface area contributed by atoms with Gasteiger partial charge in [-0.1, -0.05) is 31.4 Å². The Hall–Kier alpha value is -1.39. The van der Waals surface area contributed by atoms with E-state index in [1.807, 2.05) is 6.07 Å². The third-order valence-electron chi connectivity index (χ3n) is 4.39. The number of para-hydroxylation sites is 2. The maximum absolute atomic E-state index is 5.70. The SMILES string of the molecule is Cn1c(CC(CC2CCC2)NN)nc2ccccc21. The monoisotopic (exact) mass is 258 g/mol. The summed E-state index contributed by atoms with van der Waals surface area (Å²) in [5.74, 6) is 7.68. The smallest absolute Gasteiger partial charge is 0.111 e. The molecule has 1 heterocycles. The number of nitrogens with zero attached hydrogens (tertiary/aromatic N) is 2. The molecule has 19 heavy (non-hydrogen) atoms. The van der Waals surface area contributed by atoms with E-state index in [0.717, 1.165) is 23.7 Å². The summed E-state index contributed by atoms with van der Waals surface area (Å²) >= 11 is 0. The first-order chi connectivity index (χ1) is 9.28. The molecular formula is C15H22N4. The molecule has 0 saturated heterocycles. The summed E-state index contributed by atoms with van der Waals surface area (Å²) in [6.07, 6.45) is 6.17. The molecule has 0 aliphatic heterocycles. The van der Waals surface area contributed by atoms with Crippen LogP contribution in [0.2, 0.25) is 0 Å². The number of aromatic nitrogens is 2. The number of benzene rings is 1. The number of hydrazine groups is 1. The Morgan fingerprint density at radius 1 is 1.42 bits per heavy atom. The Labute approximate surface area is 114 Å². The second-order valence-electron chi connectivity index (χ2n) is 5.68. The van der Waals surface area contributed by atoms with Crippen molar-refractivity contribution in [2.45, 2.75) is 38.1 Å². The van der Waals surface area contributed by atoms with Crippen LogP contribution in [0.4, 0.5) is 0 Å². The molecule has 3 rings (SSSR count). The average Bonchev–Trinajstić information content (AvgIpc) is 2.70. The maximum atomic E-state index is 5.70. The molecule has 1 aromatic carbocycles. The van der Waals surface area contributed by atoms with Crippen LogP contribution in [0.1, 0.15) is 31.5 Å². The van der Waals surface area contributed by atoms with Gasteiger partial charge in [0.15, 0.2) is 0 Å². The summed E-state index contributed by atoms with van der Waals surface area (Å²) in [4.78, 5) is 4.72. The van der Waals surface area contributed by atoms with Gasteiger partial charge in [-0.25, -0.2) is 4.98 Å². The van der Waals surface area contributed by atoms with Crippen LogP contribution in [-0.2, 0) is 13.5 Å². The Kier molecular flexibility index (Phi) is 3.53. The summed E-state index contributed by atoms with van der Waals surface area (Å²) in [6, 6.07) is 8.60. The molecule has 0 amide bonds. The van der Waals surface area contributed by atoms with Gasteiger partial charge in [-0.15, -0.1) is 0 Å². The van der Waals surface area contributed by atoms with E-state index in [4.69, 9.17) is 10.8 Å². The van der Waals surface area contributed by atoms with Gasteiger partial charge in [-0.05, 0) is 24.5 Å². The first kappa shape index (κ1) is 12.6. The van der Waals surface area contributed by atoms with Gasteiger partial charge in [0.1, 0.15) is 5.82 Å². The molecule has 3 N–H and O–H groups in total. The molecule has 1 saturated carbocycles. The maximum Gasteiger partial charge on any atom is 0.111 e. The third kappa shape index (κ3) is 2.51. The van der Waals surface area contributed by atoms with Crippen molar-refractivity contribution in [3.63, 3.8) is 0 Å². The standard InChI is InChI=1S/C15H22N4/c1-19-14-8-3-2-7-13(14)17-15(19)10-12(18-16)9-11-5-4-6-11/h2-3,7-8,11-12,18H,4-6,9-10,16H2,1H3. The Morgan fingerprint density at radius 2 is 2.21 bits per heavy atom. The van der Waals surface area contributed by atoms with Crippen molar-refractivity contribution in [2.75, 3.05) is 0 Å². The first-order valence-electron chi connectivity index (χ1n) is 7.14. The fraction of sp³-hybridized carbons (Fsp3) is 0.533. The van der Waals surface area contributed by atoms with Crippen LogP contribution < -0.4 is 11.3 Å². The third-order valence-corrected chi connectivity index (χ3v) is 4.39. The van der Waals surface area contributed by atoms with Crippen LogP contribution in [0, 0.1) is 5.92 Å². The van der Waals surface area contributed by atoms with Gasteiger partial charge in [0, 0.05) is 19.5 Å². The number of hydrogen-bond donors (Lipinski definition) is 2. The molecule has 1 fully saturated rings. The van der Waals surface area contributed by atoms with Gasteiger partial charge < -0.3 is 4.57 Å². The first-order valence-corrected chi connectivity index (χ1v) is 7.14. The molecule has 1 aliphatic rings. The van der Waals surface area contributed by atoms with Crippen LogP contribution in [0.15, 0.2) is 24.3 Å². The van der Waals surface area contributed by atoms with Gasteiger partial charge in [0.05, 0.1) is 11.0 Å². The number of nitrogens with two attached hydrogens (primary N) is 1. The predicted octanol–water partition coefficient (Wildman–Crippen LogP) is 2.14. The molecule has 4 heteroatoms. The van der Waals surface area contributed by atoms with Gasteiger partial charge >= 0.3 is 0 Å². The van der Waals surface area contributed by atoms with Gasteiger partial charge in [-0.2, -0.15) is 0 Å². The molecule has 1 unspecified atom stereocenters. The van der Waals surface area contributed by atoms with E-state index >= 15 is 0 Å². The lowest BCUT2D eigenvalue weighted by Gasteiger charge is -2.29. The van der Waals surface area contributed by atoms with Crippen molar-refractivity contribution in [1.29, 1.82) is 0 Å². The molecule has 0 spiro atoms. The van der Waals surface area contributed by atoms with Crippen LogP contribution in [-0.4, -0.2) is 15.6 Å². The molecule has 1 aromatic heterocycles. The highest BCUT2D eigenvalue weighted by Crippen LogP contribution is 2.31. The van der Waals surface area contributed by atoms with Crippen molar-refractivity contribution in [2.24, 2.45) is 18.8 Å². The molecule has 0 radical (unpaired) electrons. The van der Waals surface area contributed by atoms with E-state index in [0.29, 0.717) is 6.04 Å². The normalized spacial score (nSPS) is 17.6. The lowest BCUT2D eigenvalue weighted by molar-refractivity contribution is 0.258. The van der Waals surface area contributed by atoms with E-state index in [9.17, 15) is 0 Å². The minimum atomic E-state index is 0.334. The van der Waals surface area contributed by atoms with Crippen molar-refractivity contribution in [3.8, 4) is 0 Å². The molecule has 4 nitrogen and oxygen atoms in total. The zero-order chi connectivity index (χ0) is 13.2. The van der Waals surface area contributed by atoms with Crippen molar-refractivity contribution in [3.05, 3.63) is 30.1 Å². The number of rotatable bonds is 5. The van der Waals surface area contributed by atoms with Crippen molar-refractivity contribution >= 4 is 11.0 Å². The molecule has 2 aromatic rings. The number of aryl methyl sites for hydroxylation is 1. The largest absolute Gasteiger partial charge is 0.331 e. The van der Waals surface area contributed by atoms with E-state index in [-0.39, 0.29) is 0 Å². The Balaban J connectivity index is 1.77. The zero-order valence-corrected chi connectivity index (χ0v) is 11.5. The fourth-order valence-corrected chi connectivity index (χ4v) is 2.94. The zero-order valence-electron chi connectivity index (χ0n) is 11.5. The lowest BCUT2D eigenvalue weighted by Crippen LogP contribution is -2.39. The topological polar surface area (TPSA) is 55.9 Å². The molecule has 0 bridgehead atoms. The molecule has 102 valence electrons. The number of hydrogen-bond acceptors (Lipinski definition) is 3. The van der Waals surface area contributed by atoms with Crippen molar-refractivity contribution in [1.82, 2.24) is 15.0 Å². The van der Waals surface area contributed by atoms with Gasteiger partial charge in [0.25, 0.3) is 0 Å². The highest BCUT2D eigenvalue weighted by atomic mass is 15.2. The molecule has 1 aliphatic carbocycles. The van der Waals surface area contributed by atoms with Crippen LogP contribution in [0.3, 0.4) is 0 Å². The highest BCUT2D eigenvalue weighted by molar-refractivity contribution is 5.75. The van der Waals surface area contributed by atoms with Crippen molar-refractivity contribution < 1.29 is 0 Å². The Bertz CT molecular complexity index is 556.